The van der Waals surface area contributed by atoms with Crippen LogP contribution in [0.5, 0.6) is 5.75 Å². The predicted molar refractivity (Wildman–Crippen MR) is 134 cm³/mol. The van der Waals surface area contributed by atoms with Gasteiger partial charge in [-0.05, 0) is 85.2 Å². The average Bonchev–Trinajstić information content (AvgIpc) is 3.15. The predicted octanol–water partition coefficient (Wildman–Crippen LogP) is 6.48. The van der Waals surface area contributed by atoms with Crippen LogP contribution in [0.4, 0.5) is 5.69 Å². The number of non-ortho nitro benzene ring substituents is 1. The molecule has 1 amide bonds. The molecule has 1 heterocycles. The first-order chi connectivity index (χ1) is 16.1. The minimum atomic E-state index is -0.371. The van der Waals surface area contributed by atoms with Crippen molar-refractivity contribution in [3.63, 3.8) is 0 Å². The van der Waals surface area contributed by atoms with Crippen molar-refractivity contribution in [1.82, 2.24) is 4.90 Å². The molecule has 188 valence electrons. The number of nitrogens with zero attached hydrogens (tertiary/aromatic N) is 2. The summed E-state index contributed by atoms with van der Waals surface area (Å²) < 4.78 is 6.37. The normalized spacial score (nSPS) is 40.9. The molecule has 5 rings (SSSR count). The van der Waals surface area contributed by atoms with Crippen LogP contribution in [0.2, 0.25) is 0 Å². The molecule has 4 fully saturated rings. The second kappa shape index (κ2) is 9.16. The number of fused-ring (bicyclic) bond motifs is 5. The van der Waals surface area contributed by atoms with E-state index in [2.05, 4.69) is 25.7 Å². The summed E-state index contributed by atoms with van der Waals surface area (Å²) in [6, 6.07) is 6.89. The number of rotatable bonds is 3. The Bertz CT molecular complexity index is 917. The molecule has 0 aromatic heterocycles. The van der Waals surface area contributed by atoms with E-state index in [0.29, 0.717) is 47.5 Å². The monoisotopic (exact) mass is 470 g/mol. The van der Waals surface area contributed by atoms with E-state index in [1.54, 1.807) is 12.1 Å². The van der Waals surface area contributed by atoms with E-state index < -0.39 is 0 Å². The highest BCUT2D eigenvalue weighted by Crippen LogP contribution is 2.66. The van der Waals surface area contributed by atoms with Crippen molar-refractivity contribution in [3.05, 3.63) is 34.4 Å². The highest BCUT2D eigenvalue weighted by molar-refractivity contribution is 5.77. The molecule has 1 aliphatic heterocycles. The molecule has 3 saturated carbocycles. The number of hydrogen-bond donors (Lipinski definition) is 0. The summed E-state index contributed by atoms with van der Waals surface area (Å²) in [6.07, 6.45) is 7.60. The zero-order valence-electron chi connectivity index (χ0n) is 21.8. The third-order valence-electron chi connectivity index (χ3n) is 10.0. The molecule has 6 unspecified atom stereocenters. The Morgan fingerprint density at radius 1 is 1.09 bits per heavy atom. The molecule has 0 radical (unpaired) electrons. The molecule has 0 spiro atoms. The largest absolute Gasteiger partial charge is 0.490 e. The summed E-state index contributed by atoms with van der Waals surface area (Å²) in [5.41, 5.74) is 0.612. The molecule has 3 aliphatic carbocycles. The smallest absolute Gasteiger partial charge is 0.269 e. The summed E-state index contributed by atoms with van der Waals surface area (Å²) in [7, 11) is 2.02. The average molecular weight is 471 g/mol. The van der Waals surface area contributed by atoms with Gasteiger partial charge in [-0.15, -0.1) is 0 Å². The molecule has 0 bridgehead atoms. The van der Waals surface area contributed by atoms with Crippen LogP contribution < -0.4 is 4.74 Å². The molecule has 34 heavy (non-hydrogen) atoms. The molecule has 0 N–H and O–H groups in total. The van der Waals surface area contributed by atoms with E-state index in [4.69, 9.17) is 4.74 Å². The quantitative estimate of drug-likeness (QED) is 0.374. The molecular formula is C28H42N2O4. The van der Waals surface area contributed by atoms with Crippen molar-refractivity contribution in [2.75, 3.05) is 7.05 Å². The van der Waals surface area contributed by atoms with Crippen molar-refractivity contribution in [2.45, 2.75) is 91.7 Å². The lowest BCUT2D eigenvalue weighted by Gasteiger charge is -2.63. The van der Waals surface area contributed by atoms with E-state index in [9.17, 15) is 14.9 Å². The molecule has 1 aromatic carbocycles. The highest BCUT2D eigenvalue weighted by Gasteiger charge is 2.62. The van der Waals surface area contributed by atoms with Gasteiger partial charge in [-0.1, -0.05) is 34.6 Å². The number of piperidine rings is 1. The van der Waals surface area contributed by atoms with Gasteiger partial charge in [-0.25, -0.2) is 0 Å². The number of carbonyl (C=O) groups is 1. The zero-order valence-corrected chi connectivity index (χ0v) is 21.8. The van der Waals surface area contributed by atoms with Crippen molar-refractivity contribution in [1.29, 1.82) is 0 Å². The number of likely N-dealkylation sites (tertiary alicyclic amines) is 1. The van der Waals surface area contributed by atoms with Crippen LogP contribution in [0.25, 0.3) is 0 Å². The number of hydrogen-bond acceptors (Lipinski definition) is 4. The fraction of sp³-hybridized carbons (Fsp3) is 0.750. The number of carbonyl (C=O) groups excluding carboxylic acids is 1. The van der Waals surface area contributed by atoms with Crippen molar-refractivity contribution in [2.24, 2.45) is 34.5 Å². The van der Waals surface area contributed by atoms with E-state index >= 15 is 0 Å². The lowest BCUT2D eigenvalue weighted by atomic mass is 9.45. The summed E-state index contributed by atoms with van der Waals surface area (Å²) in [4.78, 5) is 25.1. The van der Waals surface area contributed by atoms with Gasteiger partial charge >= 0.3 is 0 Å². The minimum absolute atomic E-state index is 0.0991. The van der Waals surface area contributed by atoms with Crippen LogP contribution in [0.1, 0.15) is 79.6 Å². The first kappa shape index (κ1) is 25.0. The minimum Gasteiger partial charge on any atom is -0.490 e. The Morgan fingerprint density at radius 3 is 2.41 bits per heavy atom. The number of nitro benzene ring substituents is 1. The van der Waals surface area contributed by atoms with Gasteiger partial charge in [0.25, 0.3) is 5.69 Å². The Labute approximate surface area is 204 Å². The first-order valence-electron chi connectivity index (χ1n) is 13.3. The standard InChI is InChI=1S/C26H36N2O4.C2H6/c1-16-13-22-26(3,12-10-23(29)27(22)4)20-9-11-25(2)15-19(14-21(25)24(16)20)32-18-7-5-17(6-8-18)28(30)31;1-2/h5-8,16,19-22,24H,9-15H2,1-4H3;1-2H3/t16?,19-,20?,21?,22?,24?,25?,26+;/m0./s1. The summed E-state index contributed by atoms with van der Waals surface area (Å²) in [5, 5.41) is 10.9. The van der Waals surface area contributed by atoms with E-state index in [0.717, 1.165) is 31.4 Å². The fourth-order valence-electron chi connectivity index (χ4n) is 8.39. The van der Waals surface area contributed by atoms with Crippen LogP contribution in [0, 0.1) is 44.6 Å². The Hall–Kier alpha value is -2.11. The fourth-order valence-corrected chi connectivity index (χ4v) is 8.39. The van der Waals surface area contributed by atoms with Crippen LogP contribution >= 0.6 is 0 Å². The van der Waals surface area contributed by atoms with Crippen LogP contribution in [0.3, 0.4) is 0 Å². The third-order valence-corrected chi connectivity index (χ3v) is 10.0. The maximum atomic E-state index is 12.4. The van der Waals surface area contributed by atoms with Gasteiger partial charge in [0.2, 0.25) is 5.91 Å². The van der Waals surface area contributed by atoms with Crippen molar-refractivity contribution < 1.29 is 14.5 Å². The molecule has 4 aliphatic rings. The molecular weight excluding hydrogens is 428 g/mol. The molecule has 6 heteroatoms. The lowest BCUT2D eigenvalue weighted by Crippen LogP contribution is -2.62. The number of benzene rings is 1. The second-order valence-electron chi connectivity index (χ2n) is 11.7. The van der Waals surface area contributed by atoms with E-state index in [1.165, 1.54) is 25.0 Å². The maximum absolute atomic E-state index is 12.4. The third kappa shape index (κ3) is 4.01. The van der Waals surface area contributed by atoms with Gasteiger partial charge in [0.1, 0.15) is 5.75 Å². The van der Waals surface area contributed by atoms with Crippen molar-refractivity contribution in [3.8, 4) is 5.75 Å². The van der Waals surface area contributed by atoms with Gasteiger partial charge in [0.05, 0.1) is 11.0 Å². The second-order valence-corrected chi connectivity index (χ2v) is 11.7. The van der Waals surface area contributed by atoms with E-state index in [1.807, 2.05) is 20.9 Å². The van der Waals surface area contributed by atoms with Gasteiger partial charge in [-0.2, -0.15) is 0 Å². The summed E-state index contributed by atoms with van der Waals surface area (Å²) >= 11 is 0. The molecule has 8 atom stereocenters. The Balaban J connectivity index is 0.00000133. The van der Waals surface area contributed by atoms with Crippen LogP contribution in [0.15, 0.2) is 24.3 Å². The lowest BCUT2D eigenvalue weighted by molar-refractivity contribution is -0.384. The highest BCUT2D eigenvalue weighted by atomic mass is 16.6. The number of ether oxygens (including phenoxy) is 1. The maximum Gasteiger partial charge on any atom is 0.269 e. The molecule has 1 saturated heterocycles. The zero-order chi connectivity index (χ0) is 24.8. The topological polar surface area (TPSA) is 72.7 Å². The molecule has 6 nitrogen and oxygen atoms in total. The summed E-state index contributed by atoms with van der Waals surface area (Å²) in [6.45, 7) is 11.3. The number of nitro groups is 1. The van der Waals surface area contributed by atoms with Crippen LogP contribution in [-0.4, -0.2) is 34.9 Å². The SMILES string of the molecule is CC.CC1CC2N(C)C(=O)CC[C@]2(C)C2CCC3(C)C[C@@H](Oc4ccc([N+](=O)[O-])cc4)CC3C12. The Morgan fingerprint density at radius 2 is 1.76 bits per heavy atom. The Kier molecular flexibility index (Phi) is 6.73. The number of amides is 1. The van der Waals surface area contributed by atoms with Gasteiger partial charge < -0.3 is 9.64 Å². The van der Waals surface area contributed by atoms with Gasteiger partial charge in [0, 0.05) is 31.6 Å². The van der Waals surface area contributed by atoms with Gasteiger partial charge in [0.15, 0.2) is 0 Å². The molecule has 1 aromatic rings. The van der Waals surface area contributed by atoms with Crippen molar-refractivity contribution >= 4 is 11.6 Å². The van der Waals surface area contributed by atoms with E-state index in [-0.39, 0.29) is 22.1 Å². The summed E-state index contributed by atoms with van der Waals surface area (Å²) in [5.74, 6) is 3.64. The van der Waals surface area contributed by atoms with Crippen LogP contribution in [-0.2, 0) is 4.79 Å². The van der Waals surface area contributed by atoms with Gasteiger partial charge in [-0.3, -0.25) is 14.9 Å². The first-order valence-corrected chi connectivity index (χ1v) is 13.3.